The fourth-order valence-electron chi connectivity index (χ4n) is 2.38. The molecule has 0 aliphatic heterocycles. The fraction of sp³-hybridized carbons (Fsp3) is 0.500. The second-order valence-corrected chi connectivity index (χ2v) is 7.60. The first-order chi connectivity index (χ1) is 9.94. The monoisotopic (exact) mass is 328 g/mol. The number of nitrogens with zero attached hydrogens (tertiary/aromatic N) is 1. The van der Waals surface area contributed by atoms with E-state index >= 15 is 0 Å². The molecule has 7 heteroatoms. The van der Waals surface area contributed by atoms with E-state index in [-0.39, 0.29) is 24.9 Å². The Bertz CT molecular complexity index is 595. The van der Waals surface area contributed by atoms with Crippen LogP contribution < -0.4 is 5.73 Å². The molecule has 0 heterocycles. The average Bonchev–Trinajstić information content (AvgIpc) is 2.36. The third-order valence-corrected chi connectivity index (χ3v) is 5.88. The number of hydrogen-bond donors (Lipinski definition) is 2. The second kappa shape index (κ2) is 6.83. The number of sulfonamides is 1. The van der Waals surface area contributed by atoms with Crippen LogP contribution in [0.1, 0.15) is 30.4 Å². The van der Waals surface area contributed by atoms with Gasteiger partial charge in [-0.25, -0.2) is 8.42 Å². The molecule has 2 rings (SSSR count). The maximum atomic E-state index is 12.5. The Labute approximate surface area is 130 Å². The molecule has 1 aliphatic carbocycles. The van der Waals surface area contributed by atoms with E-state index in [2.05, 4.69) is 0 Å². The van der Waals surface area contributed by atoms with Crippen molar-refractivity contribution in [3.8, 4) is 0 Å². The number of aliphatic hydroxyl groups is 1. The van der Waals surface area contributed by atoms with Gasteiger partial charge in [0, 0.05) is 18.2 Å². The summed E-state index contributed by atoms with van der Waals surface area (Å²) in [4.78, 5) is 0.292. The third kappa shape index (κ3) is 4.00. The summed E-state index contributed by atoms with van der Waals surface area (Å²) in [5.74, 6) is -0.0683. The summed E-state index contributed by atoms with van der Waals surface area (Å²) in [5, 5.41) is 9.10. The molecular weight excluding hydrogens is 308 g/mol. The maximum absolute atomic E-state index is 12.5. The van der Waals surface area contributed by atoms with Crippen molar-refractivity contribution in [2.75, 3.05) is 13.2 Å². The highest BCUT2D eigenvalue weighted by atomic mass is 32.2. The zero-order valence-corrected chi connectivity index (χ0v) is 13.4. The topological polar surface area (TPSA) is 83.6 Å². The Morgan fingerprint density at radius 2 is 1.95 bits per heavy atom. The highest BCUT2D eigenvalue weighted by molar-refractivity contribution is 7.88. The Morgan fingerprint density at radius 3 is 2.38 bits per heavy atom. The Balaban J connectivity index is 2.12. The molecule has 5 nitrogen and oxygen atoms in total. The van der Waals surface area contributed by atoms with E-state index in [4.69, 9.17) is 23.1 Å². The fourth-order valence-corrected chi connectivity index (χ4v) is 4.32. The van der Waals surface area contributed by atoms with Crippen molar-refractivity contribution in [3.63, 3.8) is 0 Å². The van der Waals surface area contributed by atoms with E-state index < -0.39 is 10.0 Å². The standard InChI is InChI=1S/C14H20N2O3S2/c15-14(20)12-6-4-11(5-7-12)10-21(18,19)16(8-9-17)13-2-1-3-13/h4-7,13,17H,1-3,8-10H2,(H2,15,20). The molecular formula is C14H20N2O3S2. The molecule has 0 spiro atoms. The van der Waals surface area contributed by atoms with Crippen LogP contribution in [0.15, 0.2) is 24.3 Å². The minimum absolute atomic E-state index is 0.0399. The lowest BCUT2D eigenvalue weighted by Gasteiger charge is -2.36. The van der Waals surface area contributed by atoms with Crippen LogP contribution in [0.5, 0.6) is 0 Å². The van der Waals surface area contributed by atoms with Crippen molar-refractivity contribution in [2.24, 2.45) is 5.73 Å². The molecule has 0 unspecified atom stereocenters. The molecule has 3 N–H and O–H groups in total. The number of thiocarbonyl (C=S) groups is 1. The summed E-state index contributed by atoms with van der Waals surface area (Å²) in [6.07, 6.45) is 2.80. The second-order valence-electron chi connectivity index (χ2n) is 5.24. The first-order valence-corrected chi connectivity index (χ1v) is 8.95. The minimum Gasteiger partial charge on any atom is -0.395 e. The van der Waals surface area contributed by atoms with Crippen LogP contribution in [-0.4, -0.2) is 42.0 Å². The summed E-state index contributed by atoms with van der Waals surface area (Å²) >= 11 is 4.87. The van der Waals surface area contributed by atoms with Crippen molar-refractivity contribution >= 4 is 27.2 Å². The van der Waals surface area contributed by atoms with Crippen LogP contribution in [0.2, 0.25) is 0 Å². The highest BCUT2D eigenvalue weighted by Gasteiger charge is 2.33. The first-order valence-electron chi connectivity index (χ1n) is 6.93. The van der Waals surface area contributed by atoms with E-state index in [0.29, 0.717) is 10.6 Å². The summed E-state index contributed by atoms with van der Waals surface area (Å²) in [6.45, 7) is 0.00802. The van der Waals surface area contributed by atoms with Gasteiger partial charge in [-0.1, -0.05) is 42.9 Å². The Kier molecular flexibility index (Phi) is 5.32. The molecule has 1 saturated carbocycles. The number of hydrogen-bond acceptors (Lipinski definition) is 4. The Hall–Kier alpha value is -1.02. The van der Waals surface area contributed by atoms with Gasteiger partial charge < -0.3 is 10.8 Å². The van der Waals surface area contributed by atoms with Gasteiger partial charge in [0.25, 0.3) is 0 Å². The van der Waals surface area contributed by atoms with Gasteiger partial charge in [-0.2, -0.15) is 4.31 Å². The maximum Gasteiger partial charge on any atom is 0.218 e. The Morgan fingerprint density at radius 1 is 1.33 bits per heavy atom. The van der Waals surface area contributed by atoms with E-state index in [9.17, 15) is 8.42 Å². The van der Waals surface area contributed by atoms with E-state index in [1.807, 2.05) is 0 Å². The first kappa shape index (κ1) is 16.4. The molecule has 0 bridgehead atoms. The molecule has 0 amide bonds. The van der Waals surface area contributed by atoms with Crippen LogP contribution >= 0.6 is 12.2 Å². The lowest BCUT2D eigenvalue weighted by atomic mass is 9.93. The van der Waals surface area contributed by atoms with Gasteiger partial charge in [-0.15, -0.1) is 0 Å². The predicted molar refractivity (Wildman–Crippen MR) is 86.4 cm³/mol. The molecule has 1 aliphatic rings. The van der Waals surface area contributed by atoms with Gasteiger partial charge in [-0.05, 0) is 18.4 Å². The van der Waals surface area contributed by atoms with Crippen LogP contribution in [0.3, 0.4) is 0 Å². The zero-order chi connectivity index (χ0) is 15.5. The third-order valence-electron chi connectivity index (χ3n) is 3.75. The van der Waals surface area contributed by atoms with Crippen molar-refractivity contribution in [3.05, 3.63) is 35.4 Å². The van der Waals surface area contributed by atoms with Gasteiger partial charge >= 0.3 is 0 Å². The quantitative estimate of drug-likeness (QED) is 0.730. The molecule has 1 fully saturated rings. The van der Waals surface area contributed by atoms with E-state index in [1.54, 1.807) is 24.3 Å². The van der Waals surface area contributed by atoms with E-state index in [0.717, 1.165) is 24.8 Å². The summed E-state index contributed by atoms with van der Waals surface area (Å²) in [7, 11) is -3.42. The minimum atomic E-state index is -3.42. The van der Waals surface area contributed by atoms with Crippen LogP contribution in [0, 0.1) is 0 Å². The van der Waals surface area contributed by atoms with E-state index in [1.165, 1.54) is 4.31 Å². The number of aliphatic hydroxyl groups excluding tert-OH is 1. The van der Waals surface area contributed by atoms with Gasteiger partial charge in [0.1, 0.15) is 4.99 Å². The zero-order valence-electron chi connectivity index (χ0n) is 11.7. The number of nitrogens with two attached hydrogens (primary N) is 1. The lowest BCUT2D eigenvalue weighted by molar-refractivity contribution is 0.178. The van der Waals surface area contributed by atoms with Gasteiger partial charge in [0.2, 0.25) is 10.0 Å². The van der Waals surface area contributed by atoms with Crippen LogP contribution in [-0.2, 0) is 15.8 Å². The van der Waals surface area contributed by atoms with Gasteiger partial charge in [0.15, 0.2) is 0 Å². The van der Waals surface area contributed by atoms with Crippen LogP contribution in [0.25, 0.3) is 0 Å². The summed E-state index contributed by atoms with van der Waals surface area (Å²) < 4.78 is 26.5. The van der Waals surface area contributed by atoms with Gasteiger partial charge in [0.05, 0.1) is 12.4 Å². The molecule has 0 aromatic heterocycles. The summed E-state index contributed by atoms with van der Waals surface area (Å²) in [6, 6.07) is 6.95. The molecule has 1 aromatic rings. The average molecular weight is 328 g/mol. The van der Waals surface area contributed by atoms with Crippen molar-refractivity contribution < 1.29 is 13.5 Å². The van der Waals surface area contributed by atoms with Gasteiger partial charge in [-0.3, -0.25) is 0 Å². The largest absolute Gasteiger partial charge is 0.395 e. The highest BCUT2D eigenvalue weighted by Crippen LogP contribution is 2.28. The van der Waals surface area contributed by atoms with Crippen LogP contribution in [0.4, 0.5) is 0 Å². The molecule has 1 aromatic carbocycles. The number of rotatable bonds is 7. The molecule has 0 saturated heterocycles. The predicted octanol–water partition coefficient (Wildman–Crippen LogP) is 0.997. The smallest absolute Gasteiger partial charge is 0.218 e. The normalized spacial score (nSPS) is 15.9. The SMILES string of the molecule is NC(=S)c1ccc(CS(=O)(=O)N(CCO)C2CCC2)cc1. The van der Waals surface area contributed by atoms with Crippen molar-refractivity contribution in [1.29, 1.82) is 0 Å². The molecule has 116 valence electrons. The summed E-state index contributed by atoms with van der Waals surface area (Å²) in [5.41, 5.74) is 6.93. The molecule has 0 atom stereocenters. The number of benzene rings is 1. The van der Waals surface area contributed by atoms with Crippen molar-refractivity contribution in [2.45, 2.75) is 31.1 Å². The molecule has 0 radical (unpaired) electrons. The lowest BCUT2D eigenvalue weighted by Crippen LogP contribution is -2.46. The molecule has 21 heavy (non-hydrogen) atoms. The van der Waals surface area contributed by atoms with Crippen molar-refractivity contribution in [1.82, 2.24) is 4.31 Å².